The highest BCUT2D eigenvalue weighted by Gasteiger charge is 2.71. The zero-order valence-corrected chi connectivity index (χ0v) is 13.7. The zero-order chi connectivity index (χ0) is 18.5. The lowest BCUT2D eigenvalue weighted by atomic mass is 9.70. The van der Waals surface area contributed by atoms with Crippen LogP contribution in [0.4, 0.5) is 18.0 Å². The summed E-state index contributed by atoms with van der Waals surface area (Å²) in [5, 5.41) is 23.9. The monoisotopic (exact) mass is 366 g/mol. The molecule has 8 nitrogen and oxygen atoms in total. The van der Waals surface area contributed by atoms with Gasteiger partial charge in [0.05, 0.1) is 6.10 Å². The number of carbonyl (C=O) groups excluding carboxylic acids is 1. The van der Waals surface area contributed by atoms with Crippen molar-refractivity contribution in [1.82, 2.24) is 15.3 Å². The van der Waals surface area contributed by atoms with Gasteiger partial charge in [-0.05, 0) is 19.3 Å². The zero-order valence-electron chi connectivity index (χ0n) is 13.7. The van der Waals surface area contributed by atoms with Gasteiger partial charge in [-0.3, -0.25) is 9.89 Å². The number of ether oxygens (including phenoxy) is 1. The minimum atomic E-state index is -4.66. The van der Waals surface area contributed by atoms with Gasteiger partial charge in [-0.2, -0.15) is 13.2 Å². The van der Waals surface area contributed by atoms with Crippen LogP contribution in [0.25, 0.3) is 0 Å². The van der Waals surface area contributed by atoms with Crippen molar-refractivity contribution in [3.8, 4) is 0 Å². The van der Waals surface area contributed by atoms with E-state index in [1.807, 2.05) is 0 Å². The number of rotatable bonds is 4. The summed E-state index contributed by atoms with van der Waals surface area (Å²) in [7, 11) is 0. The van der Waals surface area contributed by atoms with Gasteiger partial charge in [0.15, 0.2) is 0 Å². The molecule has 3 unspecified atom stereocenters. The van der Waals surface area contributed by atoms with Crippen molar-refractivity contribution in [3.63, 3.8) is 0 Å². The van der Waals surface area contributed by atoms with E-state index >= 15 is 0 Å². The molecule has 0 aromatic carbocycles. The topological polar surface area (TPSA) is 97.6 Å². The van der Waals surface area contributed by atoms with Gasteiger partial charge in [0, 0.05) is 12.8 Å². The van der Waals surface area contributed by atoms with Crippen LogP contribution in [0.15, 0.2) is 4.99 Å². The van der Waals surface area contributed by atoms with Gasteiger partial charge in [-0.15, -0.1) is 5.06 Å². The van der Waals surface area contributed by atoms with E-state index in [4.69, 9.17) is 4.74 Å². The molecular formula is C14H21F3N4O4. The molecule has 3 aliphatic heterocycles. The molecule has 2 fully saturated rings. The molecular weight excluding hydrogens is 345 g/mol. The normalized spacial score (nSPS) is 37.3. The summed E-state index contributed by atoms with van der Waals surface area (Å²) in [4.78, 5) is 16.9. The smallest absolute Gasteiger partial charge is 0.390 e. The number of aliphatic hydroxyl groups is 1. The molecule has 0 aromatic heterocycles. The second-order valence-electron chi connectivity index (χ2n) is 6.54. The van der Waals surface area contributed by atoms with Crippen molar-refractivity contribution in [1.29, 1.82) is 0 Å². The maximum absolute atomic E-state index is 13.2. The Balaban J connectivity index is 2.17. The third kappa shape index (κ3) is 2.60. The SMILES string of the molecule is CC[C@H](O)C1(C23C=NCN(O)C2NC(=O)N3CC(F)(F)F)CCCO1. The quantitative estimate of drug-likeness (QED) is 0.680. The standard InChI is InChI=1S/C14H21F3N4O4/c1-2-9(22)13(4-3-5-25-13)12-6-18-8-21(24)10(12)19-11(23)20(12)7-14(15,16)17/h6,9-10,22,24H,2-5,7-8H2,1H3,(H,19,23)/t9-,10?,12?,13?/m0/s1. The van der Waals surface area contributed by atoms with Crippen LogP contribution in [0.3, 0.4) is 0 Å². The number of urea groups is 1. The minimum Gasteiger partial charge on any atom is -0.390 e. The van der Waals surface area contributed by atoms with Crippen molar-refractivity contribution in [2.45, 2.75) is 55.8 Å². The first kappa shape index (κ1) is 18.4. The van der Waals surface area contributed by atoms with Crippen LogP contribution in [0.2, 0.25) is 0 Å². The number of halogens is 3. The molecule has 3 N–H and O–H groups in total. The van der Waals surface area contributed by atoms with E-state index in [2.05, 4.69) is 10.3 Å². The van der Waals surface area contributed by atoms with Crippen LogP contribution < -0.4 is 5.32 Å². The predicted octanol–water partition coefficient (Wildman–Crippen LogP) is 0.692. The summed E-state index contributed by atoms with van der Waals surface area (Å²) in [6.45, 7) is 0.162. The molecule has 0 bridgehead atoms. The fourth-order valence-corrected chi connectivity index (χ4v) is 4.20. The second kappa shape index (κ2) is 6.08. The molecule has 3 rings (SSSR count). The number of nitrogens with one attached hydrogen (secondary N) is 1. The summed E-state index contributed by atoms with van der Waals surface area (Å²) in [5.74, 6) is 0. The summed E-state index contributed by atoms with van der Waals surface area (Å²) in [6.07, 6.45) is -4.83. The summed E-state index contributed by atoms with van der Waals surface area (Å²) >= 11 is 0. The van der Waals surface area contributed by atoms with Gasteiger partial charge in [-0.25, -0.2) is 4.79 Å². The minimum absolute atomic E-state index is 0.204. The Labute approximate surface area is 142 Å². The highest BCUT2D eigenvalue weighted by molar-refractivity contribution is 5.90. The lowest BCUT2D eigenvalue weighted by Gasteiger charge is -2.53. The molecule has 142 valence electrons. The molecule has 0 saturated carbocycles. The number of aliphatic hydroxyl groups excluding tert-OH is 1. The lowest BCUT2D eigenvalue weighted by molar-refractivity contribution is -0.221. The molecule has 0 radical (unpaired) electrons. The van der Waals surface area contributed by atoms with E-state index in [0.29, 0.717) is 16.4 Å². The molecule has 4 atom stereocenters. The number of carbonyl (C=O) groups is 1. The number of aliphatic imine (C=N–C) groups is 1. The maximum Gasteiger partial charge on any atom is 0.406 e. The van der Waals surface area contributed by atoms with Gasteiger partial charge in [-0.1, -0.05) is 6.92 Å². The molecule has 11 heteroatoms. The maximum atomic E-state index is 13.2. The van der Waals surface area contributed by atoms with E-state index in [1.54, 1.807) is 6.92 Å². The summed E-state index contributed by atoms with van der Waals surface area (Å²) in [6, 6.07) is -0.993. The first-order chi connectivity index (χ1) is 11.7. The van der Waals surface area contributed by atoms with Gasteiger partial charge < -0.3 is 20.4 Å². The number of hydrogen-bond donors (Lipinski definition) is 3. The van der Waals surface area contributed by atoms with Gasteiger partial charge in [0.1, 0.15) is 30.5 Å². The molecule has 2 saturated heterocycles. The fraction of sp³-hybridized carbons (Fsp3) is 0.857. The van der Waals surface area contributed by atoms with Crippen molar-refractivity contribution >= 4 is 12.2 Å². The molecule has 0 aliphatic carbocycles. The third-order valence-corrected chi connectivity index (χ3v) is 5.17. The van der Waals surface area contributed by atoms with Gasteiger partial charge in [0.25, 0.3) is 0 Å². The molecule has 0 spiro atoms. The highest BCUT2D eigenvalue weighted by atomic mass is 19.4. The Morgan fingerprint density at radius 3 is 2.84 bits per heavy atom. The second-order valence-corrected chi connectivity index (χ2v) is 6.54. The van der Waals surface area contributed by atoms with Gasteiger partial charge in [0.2, 0.25) is 0 Å². The number of amides is 2. The number of hydrogen-bond acceptors (Lipinski definition) is 6. The van der Waals surface area contributed by atoms with Crippen molar-refractivity contribution in [3.05, 3.63) is 0 Å². The van der Waals surface area contributed by atoms with Crippen LogP contribution >= 0.6 is 0 Å². The molecule has 3 aliphatic rings. The number of alkyl halides is 3. The van der Waals surface area contributed by atoms with Crippen molar-refractivity contribution in [2.75, 3.05) is 19.8 Å². The Kier molecular flexibility index (Phi) is 4.46. The Morgan fingerprint density at radius 2 is 2.28 bits per heavy atom. The van der Waals surface area contributed by atoms with E-state index in [0.717, 1.165) is 0 Å². The fourth-order valence-electron chi connectivity index (χ4n) is 4.20. The highest BCUT2D eigenvalue weighted by Crippen LogP contribution is 2.48. The third-order valence-electron chi connectivity index (χ3n) is 5.17. The van der Waals surface area contributed by atoms with E-state index in [-0.39, 0.29) is 26.1 Å². The van der Waals surface area contributed by atoms with Crippen LogP contribution in [-0.4, -0.2) is 81.9 Å². The first-order valence-corrected chi connectivity index (χ1v) is 8.11. The number of nitrogens with zero attached hydrogens (tertiary/aromatic N) is 3. The molecule has 0 aromatic rings. The molecule has 25 heavy (non-hydrogen) atoms. The van der Waals surface area contributed by atoms with Crippen LogP contribution in [-0.2, 0) is 4.74 Å². The molecule has 3 heterocycles. The molecule has 2 amide bonds. The number of fused-ring (bicyclic) bond motifs is 1. The summed E-state index contributed by atoms with van der Waals surface area (Å²) in [5.41, 5.74) is -3.28. The largest absolute Gasteiger partial charge is 0.406 e. The van der Waals surface area contributed by atoms with Crippen LogP contribution in [0.1, 0.15) is 26.2 Å². The van der Waals surface area contributed by atoms with Crippen molar-refractivity contribution < 1.29 is 33.0 Å². The van der Waals surface area contributed by atoms with E-state index < -0.39 is 42.2 Å². The Hall–Kier alpha value is -1.43. The average molecular weight is 366 g/mol. The van der Waals surface area contributed by atoms with Crippen molar-refractivity contribution in [2.24, 2.45) is 4.99 Å². The predicted molar refractivity (Wildman–Crippen MR) is 79.0 cm³/mol. The lowest BCUT2D eigenvalue weighted by Crippen LogP contribution is -2.76. The van der Waals surface area contributed by atoms with Gasteiger partial charge >= 0.3 is 12.2 Å². The van der Waals surface area contributed by atoms with Crippen LogP contribution in [0.5, 0.6) is 0 Å². The summed E-state index contributed by atoms with van der Waals surface area (Å²) < 4.78 is 45.3. The van der Waals surface area contributed by atoms with E-state index in [9.17, 15) is 28.3 Å². The average Bonchev–Trinajstić information content (AvgIpc) is 3.13. The Morgan fingerprint density at radius 1 is 1.56 bits per heavy atom. The Bertz CT molecular complexity index is 567. The number of hydroxylamine groups is 2. The van der Waals surface area contributed by atoms with E-state index in [1.165, 1.54) is 6.21 Å². The first-order valence-electron chi connectivity index (χ1n) is 8.11. The van der Waals surface area contributed by atoms with Crippen LogP contribution in [0, 0.1) is 0 Å².